The monoisotopic (exact) mass is 394 g/mol. The van der Waals surface area contributed by atoms with Crippen LogP contribution < -0.4 is 10.2 Å². The highest BCUT2D eigenvalue weighted by Gasteiger charge is 2.29. The average molecular weight is 395 g/mol. The van der Waals surface area contributed by atoms with Gasteiger partial charge in [-0.3, -0.25) is 0 Å². The van der Waals surface area contributed by atoms with Crippen molar-refractivity contribution in [2.45, 2.75) is 18.9 Å². The molecule has 138 valence electrons. The predicted molar refractivity (Wildman–Crippen MR) is 101 cm³/mol. The number of carbonyl (C=O) groups excluding carboxylic acids is 1. The van der Waals surface area contributed by atoms with Crippen molar-refractivity contribution in [3.63, 3.8) is 0 Å². The predicted octanol–water partition coefficient (Wildman–Crippen LogP) is 2.64. The van der Waals surface area contributed by atoms with Crippen molar-refractivity contribution in [3.8, 4) is 0 Å². The number of carbonyl (C=O) groups is 1. The molecule has 26 heavy (non-hydrogen) atoms. The number of urea groups is 1. The molecule has 7 nitrogen and oxygen atoms in total. The minimum absolute atomic E-state index is 0.0102. The van der Waals surface area contributed by atoms with Crippen LogP contribution in [0.5, 0.6) is 0 Å². The Kier molecular flexibility index (Phi) is 4.67. The van der Waals surface area contributed by atoms with Crippen LogP contribution in [-0.4, -0.2) is 51.9 Å². The molecule has 1 unspecified atom stereocenters. The van der Waals surface area contributed by atoms with E-state index < -0.39 is 0 Å². The smallest absolute Gasteiger partial charge is 0.318 e. The molecule has 1 N–H and O–H groups in total. The van der Waals surface area contributed by atoms with Crippen molar-refractivity contribution in [2.24, 2.45) is 7.05 Å². The summed E-state index contributed by atoms with van der Waals surface area (Å²) in [6.45, 7) is 2.78. The summed E-state index contributed by atoms with van der Waals surface area (Å²) in [7, 11) is 1.92. The van der Waals surface area contributed by atoms with Crippen molar-refractivity contribution in [2.75, 3.05) is 31.1 Å². The number of fused-ring (bicyclic) bond motifs is 1. The van der Waals surface area contributed by atoms with Gasteiger partial charge in [0.05, 0.1) is 16.1 Å². The normalized spacial score (nSPS) is 19.6. The third-order valence-corrected chi connectivity index (χ3v) is 5.97. The van der Waals surface area contributed by atoms with Crippen LogP contribution in [-0.2, 0) is 13.5 Å². The van der Waals surface area contributed by atoms with Crippen LogP contribution in [0, 0.1) is 0 Å². The summed E-state index contributed by atoms with van der Waals surface area (Å²) < 4.78 is 1.89. The molecule has 1 fully saturated rings. The first kappa shape index (κ1) is 17.4. The van der Waals surface area contributed by atoms with Crippen LogP contribution in [0.3, 0.4) is 0 Å². The third kappa shape index (κ3) is 3.10. The quantitative estimate of drug-likeness (QED) is 0.849. The van der Waals surface area contributed by atoms with E-state index in [0.717, 1.165) is 43.0 Å². The van der Waals surface area contributed by atoms with E-state index in [0.29, 0.717) is 23.1 Å². The number of amides is 2. The molecule has 1 saturated heterocycles. The molecule has 0 saturated carbocycles. The largest absolute Gasteiger partial charge is 0.337 e. The fourth-order valence-corrected chi connectivity index (χ4v) is 4.14. The lowest BCUT2D eigenvalue weighted by Gasteiger charge is -2.35. The molecule has 1 atom stereocenters. The zero-order valence-electron chi connectivity index (χ0n) is 14.5. The van der Waals surface area contributed by atoms with E-state index in [2.05, 4.69) is 20.4 Å². The second-order valence-corrected chi connectivity index (χ2v) is 7.47. The molecule has 1 aromatic carbocycles. The number of nitrogens with one attached hydrogen (secondary N) is 1. The van der Waals surface area contributed by atoms with Crippen LogP contribution in [0.2, 0.25) is 10.0 Å². The Morgan fingerprint density at radius 2 is 2.00 bits per heavy atom. The number of benzene rings is 1. The van der Waals surface area contributed by atoms with E-state index >= 15 is 0 Å². The second kappa shape index (κ2) is 6.96. The summed E-state index contributed by atoms with van der Waals surface area (Å²) in [5, 5.41) is 12.4. The highest BCUT2D eigenvalue weighted by atomic mass is 35.5. The molecule has 1 aliphatic carbocycles. The molecule has 1 aliphatic heterocycles. The maximum atomic E-state index is 12.7. The fourth-order valence-electron chi connectivity index (χ4n) is 3.70. The first-order valence-corrected chi connectivity index (χ1v) is 9.41. The molecule has 2 amide bonds. The van der Waals surface area contributed by atoms with Gasteiger partial charge in [0, 0.05) is 33.2 Å². The molecule has 0 bridgehead atoms. The average Bonchev–Trinajstić information content (AvgIpc) is 3.25. The first-order valence-electron chi connectivity index (χ1n) is 8.65. The summed E-state index contributed by atoms with van der Waals surface area (Å²) in [5.74, 6) is 0.835. The zero-order chi connectivity index (χ0) is 18.3. The lowest BCUT2D eigenvalue weighted by Crippen LogP contribution is -2.52. The summed E-state index contributed by atoms with van der Waals surface area (Å²) in [6, 6.07) is 3.72. The lowest BCUT2D eigenvalue weighted by molar-refractivity contribution is 0.190. The van der Waals surface area contributed by atoms with Crippen molar-refractivity contribution in [1.82, 2.24) is 25.0 Å². The van der Waals surface area contributed by atoms with E-state index in [1.54, 1.807) is 12.4 Å². The van der Waals surface area contributed by atoms with Crippen molar-refractivity contribution in [1.29, 1.82) is 0 Å². The van der Waals surface area contributed by atoms with Crippen molar-refractivity contribution >= 4 is 35.2 Å². The molecule has 2 heterocycles. The Labute approximate surface area is 161 Å². The summed E-state index contributed by atoms with van der Waals surface area (Å²) in [4.78, 5) is 16.7. The van der Waals surface area contributed by atoms with Crippen LogP contribution in [0.1, 0.15) is 23.6 Å². The molecule has 1 aromatic heterocycles. The minimum Gasteiger partial charge on any atom is -0.337 e. The molecule has 0 spiro atoms. The van der Waals surface area contributed by atoms with Crippen molar-refractivity contribution in [3.05, 3.63) is 39.6 Å². The van der Waals surface area contributed by atoms with Gasteiger partial charge in [0.15, 0.2) is 0 Å². The van der Waals surface area contributed by atoms with Crippen LogP contribution >= 0.6 is 23.2 Å². The molecule has 0 radical (unpaired) electrons. The van der Waals surface area contributed by atoms with E-state index in [-0.39, 0.29) is 12.1 Å². The lowest BCUT2D eigenvalue weighted by atomic mass is 10.1. The van der Waals surface area contributed by atoms with Gasteiger partial charge >= 0.3 is 6.03 Å². The number of hydrogen-bond donors (Lipinski definition) is 1. The van der Waals surface area contributed by atoms with Crippen LogP contribution in [0.25, 0.3) is 0 Å². The van der Waals surface area contributed by atoms with E-state index in [1.807, 2.05) is 22.6 Å². The topological polar surface area (TPSA) is 66.3 Å². The molecule has 4 rings (SSSR count). The Hall–Kier alpha value is -1.99. The molecule has 9 heteroatoms. The Balaban J connectivity index is 1.37. The van der Waals surface area contributed by atoms with E-state index in [9.17, 15) is 4.79 Å². The number of aromatic nitrogens is 3. The number of nitrogens with zero attached hydrogens (tertiary/aromatic N) is 5. The fraction of sp³-hybridized carbons (Fsp3) is 0.471. The van der Waals surface area contributed by atoms with E-state index in [1.165, 1.54) is 0 Å². The SMILES string of the molecule is Cn1cnnc1N1CCN(C(=O)NC2CCc3c2ccc(Cl)c3Cl)CC1. The van der Waals surface area contributed by atoms with Gasteiger partial charge in [0.25, 0.3) is 0 Å². The maximum Gasteiger partial charge on any atom is 0.318 e. The number of halogens is 2. The van der Waals surface area contributed by atoms with Gasteiger partial charge in [-0.15, -0.1) is 10.2 Å². The van der Waals surface area contributed by atoms with Gasteiger partial charge in [0.1, 0.15) is 6.33 Å². The van der Waals surface area contributed by atoms with Gasteiger partial charge in [0.2, 0.25) is 5.95 Å². The molecule has 2 aliphatic rings. The number of piperazine rings is 1. The van der Waals surface area contributed by atoms with Gasteiger partial charge in [-0.05, 0) is 30.0 Å². The number of rotatable bonds is 2. The highest BCUT2D eigenvalue weighted by Crippen LogP contribution is 2.39. The minimum atomic E-state index is -0.0356. The second-order valence-electron chi connectivity index (χ2n) is 6.69. The number of anilines is 1. The number of aryl methyl sites for hydroxylation is 1. The Bertz CT molecular complexity index is 831. The number of hydrogen-bond acceptors (Lipinski definition) is 4. The van der Waals surface area contributed by atoms with Gasteiger partial charge in [-0.2, -0.15) is 0 Å². The molecular formula is C17H20Cl2N6O. The van der Waals surface area contributed by atoms with Crippen LogP contribution in [0.15, 0.2) is 18.5 Å². The third-order valence-electron chi connectivity index (χ3n) is 5.13. The summed E-state index contributed by atoms with van der Waals surface area (Å²) >= 11 is 12.4. The maximum absolute atomic E-state index is 12.7. The van der Waals surface area contributed by atoms with Gasteiger partial charge < -0.3 is 19.7 Å². The standard InChI is InChI=1S/C17H20Cl2N6O/c1-23-10-20-22-16(23)24-6-8-25(9-7-24)17(26)21-14-5-3-12-11(14)2-4-13(18)15(12)19/h2,4,10,14H,3,5-9H2,1H3,(H,21,26). The first-order chi connectivity index (χ1) is 12.5. The Morgan fingerprint density at radius 3 is 2.69 bits per heavy atom. The van der Waals surface area contributed by atoms with Crippen LogP contribution in [0.4, 0.5) is 10.7 Å². The summed E-state index contributed by atoms with van der Waals surface area (Å²) in [5.41, 5.74) is 2.13. The molecular weight excluding hydrogens is 375 g/mol. The Morgan fingerprint density at radius 1 is 1.23 bits per heavy atom. The van der Waals surface area contributed by atoms with E-state index in [4.69, 9.17) is 23.2 Å². The van der Waals surface area contributed by atoms with Gasteiger partial charge in [-0.25, -0.2) is 4.79 Å². The highest BCUT2D eigenvalue weighted by molar-refractivity contribution is 6.42. The van der Waals surface area contributed by atoms with Gasteiger partial charge in [-0.1, -0.05) is 29.3 Å². The zero-order valence-corrected chi connectivity index (χ0v) is 16.0. The van der Waals surface area contributed by atoms with Crippen molar-refractivity contribution < 1.29 is 4.79 Å². The molecule has 2 aromatic rings. The summed E-state index contributed by atoms with van der Waals surface area (Å²) in [6.07, 6.45) is 3.36.